The van der Waals surface area contributed by atoms with Gasteiger partial charge >= 0.3 is 0 Å². The van der Waals surface area contributed by atoms with E-state index < -0.39 is 0 Å². The van der Waals surface area contributed by atoms with Crippen molar-refractivity contribution >= 4 is 5.82 Å². The fraction of sp³-hybridized carbons (Fsp3) is 0.643. The molecule has 0 aromatic carbocycles. The molecule has 0 aliphatic rings. The molecule has 1 N–H and O–H groups in total. The lowest BCUT2D eigenvalue weighted by molar-refractivity contribution is 0.183. The van der Waals surface area contributed by atoms with Crippen molar-refractivity contribution in [3.63, 3.8) is 0 Å². The molecule has 18 heavy (non-hydrogen) atoms. The number of hydrogen-bond donors (Lipinski definition) is 1. The van der Waals surface area contributed by atoms with Crippen LogP contribution < -0.4 is 10.2 Å². The van der Waals surface area contributed by atoms with E-state index in [2.05, 4.69) is 48.1 Å². The standard InChI is InChI=1S/C14H25N3O/c1-6-15-12(3)13-7-8-14(16-9-13)17(4)11(2)10-18-5/h7-9,11-12,15H,6,10H2,1-5H3. The van der Waals surface area contributed by atoms with Crippen molar-refractivity contribution in [2.45, 2.75) is 32.9 Å². The maximum Gasteiger partial charge on any atom is 0.128 e. The second-order valence-corrected chi connectivity index (χ2v) is 4.64. The summed E-state index contributed by atoms with van der Waals surface area (Å²) in [6, 6.07) is 4.86. The number of aromatic nitrogens is 1. The van der Waals surface area contributed by atoms with Gasteiger partial charge in [0.25, 0.3) is 0 Å². The summed E-state index contributed by atoms with van der Waals surface area (Å²) in [5, 5.41) is 3.38. The van der Waals surface area contributed by atoms with Gasteiger partial charge in [-0.1, -0.05) is 13.0 Å². The third kappa shape index (κ3) is 3.96. The summed E-state index contributed by atoms with van der Waals surface area (Å²) in [6.45, 7) is 8.05. The van der Waals surface area contributed by atoms with Crippen LogP contribution in [0.2, 0.25) is 0 Å². The minimum Gasteiger partial charge on any atom is -0.383 e. The van der Waals surface area contributed by atoms with Crippen LogP contribution in [-0.2, 0) is 4.74 Å². The molecule has 2 unspecified atom stereocenters. The third-order valence-corrected chi connectivity index (χ3v) is 3.21. The van der Waals surface area contributed by atoms with Crippen LogP contribution in [0.5, 0.6) is 0 Å². The number of nitrogens with one attached hydrogen (secondary N) is 1. The molecule has 0 saturated carbocycles. The van der Waals surface area contributed by atoms with E-state index in [-0.39, 0.29) is 0 Å². The fourth-order valence-corrected chi connectivity index (χ4v) is 1.87. The molecule has 1 heterocycles. The van der Waals surface area contributed by atoms with Crippen LogP contribution in [0.3, 0.4) is 0 Å². The molecule has 1 aromatic rings. The minimum absolute atomic E-state index is 0.319. The second-order valence-electron chi connectivity index (χ2n) is 4.64. The van der Waals surface area contributed by atoms with Crippen molar-refractivity contribution in [2.24, 2.45) is 0 Å². The molecule has 2 atom stereocenters. The SMILES string of the molecule is CCNC(C)c1ccc(N(C)C(C)COC)nc1. The summed E-state index contributed by atoms with van der Waals surface area (Å²) in [5.74, 6) is 0.979. The van der Waals surface area contributed by atoms with Gasteiger partial charge in [0.15, 0.2) is 0 Å². The van der Waals surface area contributed by atoms with E-state index in [0.717, 1.165) is 12.4 Å². The van der Waals surface area contributed by atoms with Crippen LogP contribution in [0.4, 0.5) is 5.82 Å². The van der Waals surface area contributed by atoms with Gasteiger partial charge in [0, 0.05) is 26.4 Å². The summed E-state index contributed by atoms with van der Waals surface area (Å²) in [4.78, 5) is 6.65. The highest BCUT2D eigenvalue weighted by Crippen LogP contribution is 2.16. The molecule has 4 nitrogen and oxygen atoms in total. The smallest absolute Gasteiger partial charge is 0.128 e. The van der Waals surface area contributed by atoms with E-state index in [1.165, 1.54) is 5.56 Å². The lowest BCUT2D eigenvalue weighted by Gasteiger charge is -2.25. The van der Waals surface area contributed by atoms with E-state index >= 15 is 0 Å². The van der Waals surface area contributed by atoms with Crippen molar-refractivity contribution < 1.29 is 4.74 Å². The molecular formula is C14H25N3O. The first-order chi connectivity index (χ1) is 8.60. The summed E-state index contributed by atoms with van der Waals surface area (Å²) in [5.41, 5.74) is 1.22. The second kappa shape index (κ2) is 7.34. The van der Waals surface area contributed by atoms with Crippen LogP contribution in [0.25, 0.3) is 0 Å². The zero-order valence-corrected chi connectivity index (χ0v) is 12.1. The number of methoxy groups -OCH3 is 1. The van der Waals surface area contributed by atoms with Crippen LogP contribution in [0.15, 0.2) is 18.3 Å². The van der Waals surface area contributed by atoms with Crippen LogP contribution >= 0.6 is 0 Å². The monoisotopic (exact) mass is 251 g/mol. The molecule has 102 valence electrons. The molecule has 0 spiro atoms. The van der Waals surface area contributed by atoms with Gasteiger partial charge in [-0.15, -0.1) is 0 Å². The van der Waals surface area contributed by atoms with Gasteiger partial charge in [-0.25, -0.2) is 4.98 Å². The van der Waals surface area contributed by atoms with Gasteiger partial charge in [0.2, 0.25) is 0 Å². The minimum atomic E-state index is 0.319. The maximum absolute atomic E-state index is 5.16. The molecule has 0 amide bonds. The van der Waals surface area contributed by atoms with Gasteiger partial charge in [-0.05, 0) is 32.0 Å². The molecule has 0 radical (unpaired) electrons. The Labute approximate surface area is 110 Å². The van der Waals surface area contributed by atoms with Crippen LogP contribution in [0, 0.1) is 0 Å². The first-order valence-corrected chi connectivity index (χ1v) is 6.51. The summed E-state index contributed by atoms with van der Waals surface area (Å²) in [6.07, 6.45) is 1.94. The highest BCUT2D eigenvalue weighted by atomic mass is 16.5. The fourth-order valence-electron chi connectivity index (χ4n) is 1.87. The molecule has 0 aliphatic heterocycles. The van der Waals surface area contributed by atoms with Gasteiger partial charge in [0.1, 0.15) is 5.82 Å². The summed E-state index contributed by atoms with van der Waals surface area (Å²) in [7, 11) is 3.76. The van der Waals surface area contributed by atoms with E-state index in [9.17, 15) is 0 Å². The van der Waals surface area contributed by atoms with Crippen molar-refractivity contribution in [1.82, 2.24) is 10.3 Å². The van der Waals surface area contributed by atoms with Crippen molar-refractivity contribution in [3.8, 4) is 0 Å². The Morgan fingerprint density at radius 2 is 2.11 bits per heavy atom. The molecule has 0 aliphatic carbocycles. The molecule has 0 bridgehead atoms. The van der Waals surface area contributed by atoms with Crippen LogP contribution in [-0.4, -0.2) is 38.3 Å². The summed E-state index contributed by atoms with van der Waals surface area (Å²) < 4.78 is 5.16. The van der Waals surface area contributed by atoms with E-state index in [1.807, 2.05) is 13.2 Å². The molecule has 0 fully saturated rings. The third-order valence-electron chi connectivity index (χ3n) is 3.21. The predicted molar refractivity (Wildman–Crippen MR) is 76.1 cm³/mol. The zero-order valence-electron chi connectivity index (χ0n) is 12.1. The molecule has 0 saturated heterocycles. The van der Waals surface area contributed by atoms with Gasteiger partial charge in [-0.3, -0.25) is 0 Å². The average molecular weight is 251 g/mol. The predicted octanol–water partition coefficient (Wildman–Crippen LogP) is 2.22. The summed E-state index contributed by atoms with van der Waals surface area (Å²) >= 11 is 0. The van der Waals surface area contributed by atoms with Crippen molar-refractivity contribution in [3.05, 3.63) is 23.9 Å². The normalized spacial score (nSPS) is 14.3. The van der Waals surface area contributed by atoms with Gasteiger partial charge in [0.05, 0.1) is 12.6 Å². The van der Waals surface area contributed by atoms with E-state index in [4.69, 9.17) is 4.74 Å². The van der Waals surface area contributed by atoms with Crippen LogP contribution in [0.1, 0.15) is 32.4 Å². The Morgan fingerprint density at radius 1 is 1.39 bits per heavy atom. The zero-order chi connectivity index (χ0) is 13.5. The highest BCUT2D eigenvalue weighted by molar-refractivity contribution is 5.39. The van der Waals surface area contributed by atoms with Crippen molar-refractivity contribution in [2.75, 3.05) is 32.2 Å². The average Bonchev–Trinajstić information content (AvgIpc) is 2.38. The Hall–Kier alpha value is -1.13. The van der Waals surface area contributed by atoms with Gasteiger partial charge in [-0.2, -0.15) is 0 Å². The lowest BCUT2D eigenvalue weighted by Crippen LogP contribution is -2.33. The topological polar surface area (TPSA) is 37.4 Å². The number of rotatable bonds is 7. The number of ether oxygens (including phenoxy) is 1. The molecule has 1 rings (SSSR count). The van der Waals surface area contributed by atoms with Gasteiger partial charge < -0.3 is 15.0 Å². The molecular weight excluding hydrogens is 226 g/mol. The number of likely N-dealkylation sites (N-methyl/N-ethyl adjacent to an activating group) is 1. The molecule has 1 aromatic heterocycles. The number of nitrogens with zero attached hydrogens (tertiary/aromatic N) is 2. The van der Waals surface area contributed by atoms with E-state index in [1.54, 1.807) is 7.11 Å². The largest absolute Gasteiger partial charge is 0.383 e. The van der Waals surface area contributed by atoms with Crippen molar-refractivity contribution in [1.29, 1.82) is 0 Å². The number of hydrogen-bond acceptors (Lipinski definition) is 4. The molecule has 4 heteroatoms. The quantitative estimate of drug-likeness (QED) is 0.806. The Bertz CT molecular complexity index is 339. The lowest BCUT2D eigenvalue weighted by atomic mass is 10.1. The Balaban J connectivity index is 2.70. The first-order valence-electron chi connectivity index (χ1n) is 6.51. The number of anilines is 1. The Kier molecular flexibility index (Phi) is 6.09. The number of pyridine rings is 1. The highest BCUT2D eigenvalue weighted by Gasteiger charge is 2.11. The first kappa shape index (κ1) is 14.9. The Morgan fingerprint density at radius 3 is 2.61 bits per heavy atom. The maximum atomic E-state index is 5.16. The van der Waals surface area contributed by atoms with E-state index in [0.29, 0.717) is 18.7 Å².